The summed E-state index contributed by atoms with van der Waals surface area (Å²) in [4.78, 5) is 8.43. The van der Waals surface area contributed by atoms with Crippen LogP contribution in [0, 0.1) is 6.92 Å². The van der Waals surface area contributed by atoms with Crippen LogP contribution < -0.4 is 0 Å². The molecule has 82 valence electrons. The molecule has 1 aromatic heterocycles. The first-order valence-electron chi connectivity index (χ1n) is 5.61. The first-order chi connectivity index (χ1) is 8.36. The maximum atomic E-state index is 4.39. The van der Waals surface area contributed by atoms with Gasteiger partial charge in [0.1, 0.15) is 6.33 Å². The van der Waals surface area contributed by atoms with Crippen LogP contribution in [0.4, 0.5) is 0 Å². The van der Waals surface area contributed by atoms with Gasteiger partial charge in [-0.1, -0.05) is 42.5 Å². The molecule has 0 aliphatic carbocycles. The van der Waals surface area contributed by atoms with Crippen molar-refractivity contribution in [2.45, 2.75) is 6.92 Å². The van der Waals surface area contributed by atoms with Crippen LogP contribution in [-0.4, -0.2) is 9.97 Å². The molecule has 2 heteroatoms. The molecule has 0 radical (unpaired) electrons. The van der Waals surface area contributed by atoms with Crippen LogP contribution in [0.25, 0.3) is 22.0 Å². The zero-order valence-electron chi connectivity index (χ0n) is 9.59. The van der Waals surface area contributed by atoms with E-state index in [1.54, 1.807) is 6.33 Å². The molecule has 0 saturated carbocycles. The number of benzene rings is 2. The number of aromatic nitrogens is 2. The molecule has 0 fully saturated rings. The molecule has 0 saturated heterocycles. The molecule has 0 aliphatic heterocycles. The van der Waals surface area contributed by atoms with Crippen LogP contribution in [0.3, 0.4) is 0 Å². The van der Waals surface area contributed by atoms with E-state index in [9.17, 15) is 0 Å². The molecule has 0 atom stereocenters. The molecule has 3 aromatic rings. The Hall–Kier alpha value is -2.22. The van der Waals surface area contributed by atoms with E-state index in [1.165, 1.54) is 16.3 Å². The van der Waals surface area contributed by atoms with Crippen molar-refractivity contribution in [3.63, 3.8) is 0 Å². The molecule has 0 unspecified atom stereocenters. The minimum Gasteiger partial charge on any atom is -0.245 e. The van der Waals surface area contributed by atoms with E-state index < -0.39 is 0 Å². The summed E-state index contributed by atoms with van der Waals surface area (Å²) < 4.78 is 0. The van der Waals surface area contributed by atoms with Gasteiger partial charge in [-0.15, -0.1) is 0 Å². The van der Waals surface area contributed by atoms with Gasteiger partial charge in [0.05, 0.1) is 5.69 Å². The van der Waals surface area contributed by atoms with E-state index in [0.717, 1.165) is 11.3 Å². The van der Waals surface area contributed by atoms with Crippen molar-refractivity contribution < 1.29 is 0 Å². The Kier molecular flexibility index (Phi) is 2.33. The number of nitrogens with zero attached hydrogens (tertiary/aromatic N) is 2. The number of rotatable bonds is 1. The van der Waals surface area contributed by atoms with E-state index in [-0.39, 0.29) is 0 Å². The predicted molar refractivity (Wildman–Crippen MR) is 69.7 cm³/mol. The monoisotopic (exact) mass is 220 g/mol. The van der Waals surface area contributed by atoms with Gasteiger partial charge in [-0.05, 0) is 23.3 Å². The van der Waals surface area contributed by atoms with Gasteiger partial charge in [-0.25, -0.2) is 9.97 Å². The van der Waals surface area contributed by atoms with Crippen molar-refractivity contribution in [3.05, 3.63) is 60.6 Å². The van der Waals surface area contributed by atoms with E-state index >= 15 is 0 Å². The SMILES string of the molecule is Cc1cncnc1-c1cccc2ccccc12. The molecule has 2 aromatic carbocycles. The lowest BCUT2D eigenvalue weighted by atomic mass is 10.0. The average Bonchev–Trinajstić information content (AvgIpc) is 2.39. The van der Waals surface area contributed by atoms with Gasteiger partial charge in [0, 0.05) is 11.8 Å². The Morgan fingerprint density at radius 3 is 2.65 bits per heavy atom. The quantitative estimate of drug-likeness (QED) is 0.626. The smallest absolute Gasteiger partial charge is 0.116 e. The summed E-state index contributed by atoms with van der Waals surface area (Å²) in [5, 5.41) is 2.47. The van der Waals surface area contributed by atoms with Crippen molar-refractivity contribution >= 4 is 10.8 Å². The second kappa shape index (κ2) is 3.98. The third-order valence-corrected chi connectivity index (χ3v) is 2.94. The lowest BCUT2D eigenvalue weighted by molar-refractivity contribution is 1.14. The zero-order valence-corrected chi connectivity index (χ0v) is 9.59. The second-order valence-electron chi connectivity index (χ2n) is 4.08. The molecule has 0 aliphatic rings. The molecule has 17 heavy (non-hydrogen) atoms. The topological polar surface area (TPSA) is 25.8 Å². The summed E-state index contributed by atoms with van der Waals surface area (Å²) in [5.74, 6) is 0. The van der Waals surface area contributed by atoms with Gasteiger partial charge in [0.15, 0.2) is 0 Å². The maximum absolute atomic E-state index is 4.39. The van der Waals surface area contributed by atoms with E-state index in [0.29, 0.717) is 0 Å². The fourth-order valence-electron chi connectivity index (χ4n) is 2.11. The number of aryl methyl sites for hydroxylation is 1. The molecule has 0 amide bonds. The molecule has 2 nitrogen and oxygen atoms in total. The van der Waals surface area contributed by atoms with Crippen molar-refractivity contribution in [1.82, 2.24) is 9.97 Å². The maximum Gasteiger partial charge on any atom is 0.116 e. The van der Waals surface area contributed by atoms with E-state index in [2.05, 4.69) is 52.4 Å². The minimum atomic E-state index is 1.01. The summed E-state index contributed by atoms with van der Waals surface area (Å²) >= 11 is 0. The first-order valence-corrected chi connectivity index (χ1v) is 5.61. The zero-order chi connectivity index (χ0) is 11.7. The van der Waals surface area contributed by atoms with E-state index in [4.69, 9.17) is 0 Å². The van der Waals surface area contributed by atoms with Crippen molar-refractivity contribution in [1.29, 1.82) is 0 Å². The molecule has 0 bridgehead atoms. The molecular weight excluding hydrogens is 208 g/mol. The van der Waals surface area contributed by atoms with Crippen LogP contribution in [0.5, 0.6) is 0 Å². The van der Waals surface area contributed by atoms with Gasteiger partial charge < -0.3 is 0 Å². The van der Waals surface area contributed by atoms with Crippen molar-refractivity contribution in [2.75, 3.05) is 0 Å². The number of hydrogen-bond acceptors (Lipinski definition) is 2. The number of hydrogen-bond donors (Lipinski definition) is 0. The highest BCUT2D eigenvalue weighted by atomic mass is 14.8. The van der Waals surface area contributed by atoms with Crippen LogP contribution in [0.15, 0.2) is 55.0 Å². The highest BCUT2D eigenvalue weighted by Crippen LogP contribution is 2.28. The second-order valence-corrected chi connectivity index (χ2v) is 4.08. The Morgan fingerprint density at radius 2 is 1.76 bits per heavy atom. The molecule has 3 rings (SSSR count). The molecule has 1 heterocycles. The summed E-state index contributed by atoms with van der Waals surface area (Å²) in [6, 6.07) is 14.7. The summed E-state index contributed by atoms with van der Waals surface area (Å²) in [6.45, 7) is 2.04. The minimum absolute atomic E-state index is 1.01. The van der Waals surface area contributed by atoms with Gasteiger partial charge in [-0.2, -0.15) is 0 Å². The van der Waals surface area contributed by atoms with Gasteiger partial charge >= 0.3 is 0 Å². The van der Waals surface area contributed by atoms with Crippen LogP contribution >= 0.6 is 0 Å². The third-order valence-electron chi connectivity index (χ3n) is 2.94. The normalized spacial score (nSPS) is 10.6. The number of fused-ring (bicyclic) bond motifs is 1. The first kappa shape index (κ1) is 9.97. The van der Waals surface area contributed by atoms with Crippen molar-refractivity contribution in [3.8, 4) is 11.3 Å². The average molecular weight is 220 g/mol. The Bertz CT molecular complexity index is 669. The van der Waals surface area contributed by atoms with Crippen LogP contribution in [0.1, 0.15) is 5.56 Å². The lowest BCUT2D eigenvalue weighted by Gasteiger charge is -2.07. The summed E-state index contributed by atoms with van der Waals surface area (Å²) in [5.41, 5.74) is 3.28. The fraction of sp³-hybridized carbons (Fsp3) is 0.0667. The van der Waals surface area contributed by atoms with Crippen molar-refractivity contribution in [2.24, 2.45) is 0 Å². The highest BCUT2D eigenvalue weighted by molar-refractivity contribution is 5.96. The fourth-order valence-corrected chi connectivity index (χ4v) is 2.11. The highest BCUT2D eigenvalue weighted by Gasteiger charge is 2.06. The summed E-state index contributed by atoms with van der Waals surface area (Å²) in [6.07, 6.45) is 3.45. The summed E-state index contributed by atoms with van der Waals surface area (Å²) in [7, 11) is 0. The van der Waals surface area contributed by atoms with Crippen LogP contribution in [0.2, 0.25) is 0 Å². The largest absolute Gasteiger partial charge is 0.245 e. The Labute approximate surface area is 100.0 Å². The van der Waals surface area contributed by atoms with Gasteiger partial charge in [0.25, 0.3) is 0 Å². The van der Waals surface area contributed by atoms with Gasteiger partial charge in [-0.3, -0.25) is 0 Å². The van der Waals surface area contributed by atoms with Gasteiger partial charge in [0.2, 0.25) is 0 Å². The predicted octanol–water partition coefficient (Wildman–Crippen LogP) is 3.61. The molecular formula is C15H12N2. The standard InChI is InChI=1S/C15H12N2/c1-11-9-16-10-17-15(11)14-8-4-6-12-5-2-3-7-13(12)14/h2-10H,1H3. The molecule has 0 N–H and O–H groups in total. The Morgan fingerprint density at radius 1 is 0.941 bits per heavy atom. The lowest BCUT2D eigenvalue weighted by Crippen LogP contribution is -1.90. The van der Waals surface area contributed by atoms with Crippen LogP contribution in [-0.2, 0) is 0 Å². The third kappa shape index (κ3) is 1.68. The Balaban J connectivity index is 2.35. The molecule has 0 spiro atoms. The van der Waals surface area contributed by atoms with E-state index in [1.807, 2.05) is 13.1 Å².